The third-order valence-corrected chi connectivity index (χ3v) is 4.01. The number of carbonyl (C=O) groups is 1. The summed E-state index contributed by atoms with van der Waals surface area (Å²) in [4.78, 5) is 11.2. The maximum Gasteiger partial charge on any atom is 0.303 e. The second-order valence-electron chi connectivity index (χ2n) is 4.95. The van der Waals surface area contributed by atoms with E-state index in [9.17, 15) is 4.79 Å². The van der Waals surface area contributed by atoms with Gasteiger partial charge < -0.3 is 14.2 Å². The fraction of sp³-hybridized carbons (Fsp3) is 0.833. The van der Waals surface area contributed by atoms with E-state index in [0.29, 0.717) is 0 Å². The quantitative estimate of drug-likeness (QED) is 0.360. The van der Waals surface area contributed by atoms with Crippen LogP contribution in [0.2, 0.25) is 0 Å². The highest BCUT2D eigenvalue weighted by Gasteiger charge is 2.45. The number of halogens is 3. The second-order valence-corrected chi connectivity index (χ2v) is 7.23. The van der Waals surface area contributed by atoms with Crippen LogP contribution in [0.15, 0.2) is 0 Å². The van der Waals surface area contributed by atoms with Crippen LogP contribution in [0.3, 0.4) is 0 Å². The Bertz CT molecular complexity index is 385. The van der Waals surface area contributed by atoms with E-state index >= 15 is 0 Å². The van der Waals surface area contributed by atoms with Crippen LogP contribution < -0.4 is 0 Å². The summed E-state index contributed by atoms with van der Waals surface area (Å²) >= 11 is 16.7. The Morgan fingerprint density at radius 3 is 2.15 bits per heavy atom. The zero-order valence-corrected chi connectivity index (χ0v) is 13.9. The van der Waals surface area contributed by atoms with Crippen LogP contribution >= 0.6 is 34.8 Å². The fourth-order valence-corrected chi connectivity index (χ4v) is 2.15. The summed E-state index contributed by atoms with van der Waals surface area (Å²) in [6.45, 7) is 7.09. The zero-order valence-electron chi connectivity index (χ0n) is 11.7. The Labute approximate surface area is 133 Å². The molecule has 0 aliphatic carbocycles. The van der Waals surface area contributed by atoms with E-state index in [1.165, 1.54) is 6.92 Å². The first-order chi connectivity index (χ1) is 9.04. The maximum atomic E-state index is 11.2. The topological polar surface area (TPSA) is 68.6 Å². The summed E-state index contributed by atoms with van der Waals surface area (Å²) in [7, 11) is 0. The Morgan fingerprint density at radius 1 is 1.15 bits per heavy atom. The molecule has 1 rings (SSSR count). The van der Waals surface area contributed by atoms with E-state index in [1.54, 1.807) is 0 Å². The minimum atomic E-state index is -1.99. The predicted octanol–water partition coefficient (Wildman–Crippen LogP) is 3.30. The largest absolute Gasteiger partial charge is 0.456 e. The van der Waals surface area contributed by atoms with Crippen LogP contribution in [0.5, 0.6) is 0 Å². The van der Waals surface area contributed by atoms with E-state index in [4.69, 9.17) is 54.4 Å². The molecular weight excluding hydrogens is 328 g/mol. The van der Waals surface area contributed by atoms with Gasteiger partial charge in [-0.3, -0.25) is 10.2 Å². The lowest BCUT2D eigenvalue weighted by Crippen LogP contribution is -2.52. The van der Waals surface area contributed by atoms with Crippen molar-refractivity contribution in [3.05, 3.63) is 0 Å². The van der Waals surface area contributed by atoms with Gasteiger partial charge in [0.25, 0.3) is 3.79 Å². The van der Waals surface area contributed by atoms with Crippen LogP contribution in [-0.4, -0.2) is 34.2 Å². The van der Waals surface area contributed by atoms with Gasteiger partial charge in [-0.1, -0.05) is 48.7 Å². The summed E-state index contributed by atoms with van der Waals surface area (Å²) in [5.74, 6) is -0.892. The van der Waals surface area contributed by atoms with Crippen LogP contribution in [0.4, 0.5) is 0 Å². The van der Waals surface area contributed by atoms with E-state index in [0.717, 1.165) is 0 Å². The molecule has 0 bridgehead atoms. The molecule has 1 aliphatic heterocycles. The molecule has 116 valence electrons. The lowest BCUT2D eigenvalue weighted by Gasteiger charge is -2.42. The molecule has 20 heavy (non-hydrogen) atoms. The summed E-state index contributed by atoms with van der Waals surface area (Å²) in [5, 5.41) is 7.59. The molecule has 1 fully saturated rings. The molecule has 0 amide bonds. The molecule has 5 nitrogen and oxygen atoms in total. The normalized spacial score (nSPS) is 34.5. The Morgan fingerprint density at radius 2 is 1.70 bits per heavy atom. The molecule has 1 saturated heterocycles. The number of esters is 1. The third-order valence-electron chi connectivity index (χ3n) is 3.50. The first-order valence-corrected chi connectivity index (χ1v) is 7.32. The van der Waals surface area contributed by atoms with Gasteiger partial charge in [-0.25, -0.2) is 0 Å². The van der Waals surface area contributed by atoms with Gasteiger partial charge in [0, 0.05) is 12.8 Å². The molecule has 5 atom stereocenters. The Hall–Kier alpha value is -0.230. The molecule has 1 N–H and O–H groups in total. The summed E-state index contributed by atoms with van der Waals surface area (Å²) in [6.07, 6.45) is -1.76. The summed E-state index contributed by atoms with van der Waals surface area (Å²) < 4.78 is 14.1. The smallest absolute Gasteiger partial charge is 0.303 e. The lowest BCUT2D eigenvalue weighted by atomic mass is 9.84. The van der Waals surface area contributed by atoms with Gasteiger partial charge in [-0.2, -0.15) is 0 Å². The van der Waals surface area contributed by atoms with Gasteiger partial charge in [-0.15, -0.1) is 0 Å². The number of carbonyl (C=O) groups excluding carboxylic acids is 1. The van der Waals surface area contributed by atoms with E-state index in [2.05, 4.69) is 0 Å². The van der Waals surface area contributed by atoms with Gasteiger partial charge in [0.1, 0.15) is 0 Å². The number of nitrogens with one attached hydrogen (secondary N) is 1. The van der Waals surface area contributed by atoms with E-state index < -0.39 is 28.1 Å². The van der Waals surface area contributed by atoms with Gasteiger partial charge >= 0.3 is 5.97 Å². The SMILES string of the molecule is CC(=O)O[C@@H]1C(OC(=N)C(Cl)(Cl)Cl)O[C@@H](C)[C@@H](C)[C@H]1C. The molecule has 1 aliphatic rings. The highest BCUT2D eigenvalue weighted by atomic mass is 35.6. The van der Waals surface area contributed by atoms with Crippen molar-refractivity contribution >= 4 is 46.7 Å². The van der Waals surface area contributed by atoms with Gasteiger partial charge in [0.2, 0.25) is 12.2 Å². The minimum Gasteiger partial charge on any atom is -0.456 e. The summed E-state index contributed by atoms with van der Waals surface area (Å²) in [6, 6.07) is 0. The molecule has 0 saturated carbocycles. The number of hydrogen-bond donors (Lipinski definition) is 1. The van der Waals surface area contributed by atoms with Crippen molar-refractivity contribution < 1.29 is 19.0 Å². The fourth-order valence-electron chi connectivity index (χ4n) is 2.02. The highest BCUT2D eigenvalue weighted by Crippen LogP contribution is 2.35. The van der Waals surface area contributed by atoms with Crippen molar-refractivity contribution in [1.29, 1.82) is 5.41 Å². The predicted molar refractivity (Wildman–Crippen MR) is 77.3 cm³/mol. The maximum absolute atomic E-state index is 11.2. The van der Waals surface area contributed by atoms with Crippen molar-refractivity contribution in [3.63, 3.8) is 0 Å². The molecule has 0 aromatic carbocycles. The van der Waals surface area contributed by atoms with Crippen molar-refractivity contribution in [1.82, 2.24) is 0 Å². The molecule has 1 unspecified atom stereocenters. The number of rotatable bonds is 2. The highest BCUT2D eigenvalue weighted by molar-refractivity contribution is 6.76. The van der Waals surface area contributed by atoms with E-state index in [1.807, 2.05) is 20.8 Å². The molecule has 1 heterocycles. The van der Waals surface area contributed by atoms with Crippen LogP contribution in [-0.2, 0) is 19.0 Å². The zero-order chi connectivity index (χ0) is 15.7. The second kappa shape index (κ2) is 6.69. The Kier molecular flexibility index (Phi) is 5.96. The van der Waals surface area contributed by atoms with Crippen molar-refractivity contribution in [2.24, 2.45) is 11.8 Å². The molecule has 0 spiro atoms. The molecule has 8 heteroatoms. The number of alkyl halides is 3. The monoisotopic (exact) mass is 345 g/mol. The first-order valence-electron chi connectivity index (χ1n) is 6.19. The first kappa shape index (κ1) is 17.8. The van der Waals surface area contributed by atoms with Gasteiger partial charge in [0.05, 0.1) is 6.10 Å². The van der Waals surface area contributed by atoms with Crippen LogP contribution in [0.25, 0.3) is 0 Å². The molecular formula is C12H18Cl3NO4. The number of hydrogen-bond acceptors (Lipinski definition) is 5. The van der Waals surface area contributed by atoms with Crippen LogP contribution in [0.1, 0.15) is 27.7 Å². The average molecular weight is 347 g/mol. The molecule has 0 aromatic heterocycles. The van der Waals surface area contributed by atoms with Crippen LogP contribution in [0, 0.1) is 17.2 Å². The third kappa shape index (κ3) is 4.38. The minimum absolute atomic E-state index is 0.0178. The molecule has 0 radical (unpaired) electrons. The van der Waals surface area contributed by atoms with Crippen molar-refractivity contribution in [2.45, 2.75) is 50.0 Å². The van der Waals surface area contributed by atoms with Gasteiger partial charge in [0.15, 0.2) is 6.10 Å². The lowest BCUT2D eigenvalue weighted by molar-refractivity contribution is -0.247. The summed E-state index contributed by atoms with van der Waals surface area (Å²) in [5.41, 5.74) is 0. The average Bonchev–Trinajstić information content (AvgIpc) is 2.30. The number of ether oxygens (including phenoxy) is 3. The standard InChI is InChI=1S/C12H18Cl3NO4/c1-5-6(2)9(19-8(4)17)10(18-7(5)3)20-11(16)12(13,14)15/h5-7,9-10,16H,1-4H3/t5-,6+,7-,9-,10?/m0/s1. The van der Waals surface area contributed by atoms with E-state index in [-0.39, 0.29) is 17.9 Å². The van der Waals surface area contributed by atoms with Crippen molar-refractivity contribution in [3.8, 4) is 0 Å². The Balaban J connectivity index is 2.88. The van der Waals surface area contributed by atoms with Crippen molar-refractivity contribution in [2.75, 3.05) is 0 Å². The van der Waals surface area contributed by atoms with Gasteiger partial charge in [-0.05, 0) is 12.8 Å². The molecule has 0 aromatic rings.